The predicted molar refractivity (Wildman–Crippen MR) is 90.2 cm³/mol. The van der Waals surface area contributed by atoms with Crippen LogP contribution in [0, 0.1) is 11.3 Å². The van der Waals surface area contributed by atoms with E-state index in [2.05, 4.69) is 65.8 Å². The van der Waals surface area contributed by atoms with Gasteiger partial charge in [0, 0.05) is 0 Å². The second-order valence-corrected chi connectivity index (χ2v) is 12.5. The van der Waals surface area contributed by atoms with Crippen LogP contribution in [0.4, 0.5) is 0 Å². The summed E-state index contributed by atoms with van der Waals surface area (Å²) in [5, 5.41) is 9.03. The third-order valence-corrected chi connectivity index (χ3v) is 11.1. The number of hydrogen-bond donors (Lipinski definition) is 0. The van der Waals surface area contributed by atoms with Gasteiger partial charge in [-0.2, -0.15) is 5.26 Å². The maximum atomic E-state index is 9.03. The Hall–Kier alpha value is -1.27. The highest BCUT2D eigenvalue weighted by Crippen LogP contribution is 2.44. The van der Waals surface area contributed by atoms with Crippen LogP contribution in [-0.2, 0) is 6.42 Å². The smallest absolute Gasteiger partial charge is 0.258 e. The van der Waals surface area contributed by atoms with Crippen molar-refractivity contribution in [2.75, 3.05) is 0 Å². The largest absolute Gasteiger partial charge is 0.543 e. The van der Waals surface area contributed by atoms with Gasteiger partial charge in [-0.1, -0.05) is 47.6 Å². The van der Waals surface area contributed by atoms with Gasteiger partial charge in [-0.05, 0) is 46.3 Å². The first-order valence-electron chi connectivity index (χ1n) is 8.04. The quantitative estimate of drug-likeness (QED) is 0.682. The summed E-state index contributed by atoms with van der Waals surface area (Å²) >= 11 is 0. The lowest BCUT2D eigenvalue weighted by molar-refractivity contribution is 0.478. The van der Waals surface area contributed by atoms with Crippen molar-refractivity contribution in [3.8, 4) is 11.8 Å². The number of fused-ring (bicyclic) bond motifs is 1. The molecule has 1 aliphatic carbocycles. The summed E-state index contributed by atoms with van der Waals surface area (Å²) in [4.78, 5) is 0. The van der Waals surface area contributed by atoms with E-state index in [1.165, 1.54) is 11.1 Å². The zero-order valence-electron chi connectivity index (χ0n) is 14.1. The molecule has 0 spiro atoms. The van der Waals surface area contributed by atoms with Crippen molar-refractivity contribution >= 4 is 8.32 Å². The molecular weight excluding hydrogens is 274 g/mol. The lowest BCUT2D eigenvalue weighted by atomic mass is 9.78. The first kappa shape index (κ1) is 16.1. The van der Waals surface area contributed by atoms with Crippen LogP contribution in [-0.4, -0.2) is 8.32 Å². The van der Waals surface area contributed by atoms with E-state index in [-0.39, 0.29) is 5.92 Å². The number of rotatable bonds is 5. The van der Waals surface area contributed by atoms with E-state index in [1.807, 2.05) is 0 Å². The maximum absolute atomic E-state index is 9.03. The highest BCUT2D eigenvalue weighted by atomic mass is 28.4. The Morgan fingerprint density at radius 3 is 2.10 bits per heavy atom. The van der Waals surface area contributed by atoms with Crippen LogP contribution in [0.25, 0.3) is 0 Å². The molecule has 2 nitrogen and oxygen atoms in total. The van der Waals surface area contributed by atoms with Gasteiger partial charge in [0.1, 0.15) is 5.75 Å². The SMILES string of the molecule is CC(C)[Si](Oc1ccc2c(c1)CC2C#N)(C(C)C)C(C)C. The Kier molecular flexibility index (Phi) is 4.48. The summed E-state index contributed by atoms with van der Waals surface area (Å²) in [7, 11) is -1.87. The number of hydrogen-bond acceptors (Lipinski definition) is 2. The third kappa shape index (κ3) is 2.62. The second kappa shape index (κ2) is 5.85. The van der Waals surface area contributed by atoms with Gasteiger partial charge in [0.25, 0.3) is 8.32 Å². The number of nitrogens with zero attached hydrogens (tertiary/aromatic N) is 1. The molecule has 21 heavy (non-hydrogen) atoms. The predicted octanol–water partition coefficient (Wildman–Crippen LogP) is 5.40. The molecule has 0 saturated heterocycles. The summed E-state index contributed by atoms with van der Waals surface area (Å²) in [5.74, 6) is 1.10. The van der Waals surface area contributed by atoms with Crippen molar-refractivity contribution < 1.29 is 4.43 Å². The van der Waals surface area contributed by atoms with Gasteiger partial charge in [-0.25, -0.2) is 0 Å². The molecule has 0 saturated carbocycles. The Morgan fingerprint density at radius 2 is 1.67 bits per heavy atom. The van der Waals surface area contributed by atoms with Crippen LogP contribution in [0.3, 0.4) is 0 Å². The fourth-order valence-corrected chi connectivity index (χ4v) is 9.28. The van der Waals surface area contributed by atoms with E-state index in [0.29, 0.717) is 16.6 Å². The van der Waals surface area contributed by atoms with E-state index in [4.69, 9.17) is 9.69 Å². The number of benzene rings is 1. The maximum Gasteiger partial charge on any atom is 0.258 e. The molecular formula is C18H27NOSi. The standard InChI is InChI=1S/C18H27NOSi/c1-12(2)21(13(3)4,14(5)6)20-17-7-8-18-15(10-17)9-16(18)11-19/h7-8,10,12-14,16H,9H2,1-6H3. The molecule has 2 rings (SSSR count). The molecule has 1 unspecified atom stereocenters. The van der Waals surface area contributed by atoms with Crippen LogP contribution in [0.15, 0.2) is 18.2 Å². The highest BCUT2D eigenvalue weighted by Gasteiger charge is 2.47. The van der Waals surface area contributed by atoms with Gasteiger partial charge in [0.2, 0.25) is 0 Å². The average Bonchev–Trinajstić information content (AvgIpc) is 2.37. The monoisotopic (exact) mass is 301 g/mol. The zero-order valence-corrected chi connectivity index (χ0v) is 15.1. The second-order valence-electron chi connectivity index (χ2n) is 7.17. The van der Waals surface area contributed by atoms with Crippen molar-refractivity contribution in [2.45, 2.75) is 70.5 Å². The van der Waals surface area contributed by atoms with Gasteiger partial charge in [0.15, 0.2) is 0 Å². The molecule has 1 aromatic carbocycles. The Balaban J connectivity index is 2.30. The van der Waals surface area contributed by atoms with E-state index >= 15 is 0 Å². The van der Waals surface area contributed by atoms with Crippen LogP contribution >= 0.6 is 0 Å². The van der Waals surface area contributed by atoms with Gasteiger partial charge in [0.05, 0.1) is 12.0 Å². The normalized spacial score (nSPS) is 17.6. The first-order valence-corrected chi connectivity index (χ1v) is 10.2. The Bertz CT molecular complexity index is 535. The minimum atomic E-state index is -1.87. The summed E-state index contributed by atoms with van der Waals surface area (Å²) in [6.07, 6.45) is 0.878. The zero-order chi connectivity index (χ0) is 15.8. The van der Waals surface area contributed by atoms with Gasteiger partial charge >= 0.3 is 0 Å². The fraction of sp³-hybridized carbons (Fsp3) is 0.611. The molecule has 0 aliphatic heterocycles. The van der Waals surface area contributed by atoms with E-state index in [0.717, 1.165) is 12.2 Å². The lowest BCUT2D eigenvalue weighted by Gasteiger charge is -2.42. The molecule has 3 heteroatoms. The molecule has 0 fully saturated rings. The molecule has 0 heterocycles. The van der Waals surface area contributed by atoms with Gasteiger partial charge in [-0.3, -0.25) is 0 Å². The summed E-state index contributed by atoms with van der Waals surface area (Å²) in [5.41, 5.74) is 4.22. The molecule has 0 N–H and O–H groups in total. The van der Waals surface area contributed by atoms with Crippen molar-refractivity contribution in [3.63, 3.8) is 0 Å². The first-order chi connectivity index (χ1) is 9.82. The third-order valence-electron chi connectivity index (χ3n) is 5.07. The van der Waals surface area contributed by atoms with Crippen molar-refractivity contribution in [1.29, 1.82) is 5.26 Å². The lowest BCUT2D eigenvalue weighted by Crippen LogP contribution is -2.50. The van der Waals surface area contributed by atoms with Gasteiger partial charge in [-0.15, -0.1) is 0 Å². The molecule has 1 aromatic rings. The van der Waals surface area contributed by atoms with Crippen molar-refractivity contribution in [2.24, 2.45) is 0 Å². The summed E-state index contributed by atoms with van der Waals surface area (Å²) < 4.78 is 6.68. The average molecular weight is 302 g/mol. The fourth-order valence-electron chi connectivity index (χ4n) is 4.03. The van der Waals surface area contributed by atoms with E-state index in [1.54, 1.807) is 0 Å². The van der Waals surface area contributed by atoms with Crippen LogP contribution in [0.2, 0.25) is 16.6 Å². The highest BCUT2D eigenvalue weighted by molar-refractivity contribution is 6.78. The molecule has 0 radical (unpaired) electrons. The molecule has 0 aromatic heterocycles. The molecule has 1 aliphatic rings. The van der Waals surface area contributed by atoms with Gasteiger partial charge < -0.3 is 4.43 Å². The van der Waals surface area contributed by atoms with Crippen LogP contribution in [0.1, 0.15) is 58.6 Å². The topological polar surface area (TPSA) is 33.0 Å². The molecule has 1 atom stereocenters. The molecule has 114 valence electrons. The molecule has 0 amide bonds. The van der Waals surface area contributed by atoms with Crippen LogP contribution < -0.4 is 4.43 Å². The van der Waals surface area contributed by atoms with Crippen molar-refractivity contribution in [1.82, 2.24) is 0 Å². The summed E-state index contributed by atoms with van der Waals surface area (Å²) in [6, 6.07) is 8.66. The minimum absolute atomic E-state index is 0.0938. The van der Waals surface area contributed by atoms with Crippen molar-refractivity contribution in [3.05, 3.63) is 29.3 Å². The summed E-state index contributed by atoms with van der Waals surface area (Å²) in [6.45, 7) is 13.8. The van der Waals surface area contributed by atoms with E-state index < -0.39 is 8.32 Å². The Labute approximate surface area is 130 Å². The van der Waals surface area contributed by atoms with Crippen LogP contribution in [0.5, 0.6) is 5.75 Å². The minimum Gasteiger partial charge on any atom is -0.543 e. The number of nitriles is 1. The molecule has 0 bridgehead atoms. The van der Waals surface area contributed by atoms with E-state index in [9.17, 15) is 0 Å². The Morgan fingerprint density at radius 1 is 1.10 bits per heavy atom.